The van der Waals surface area contributed by atoms with Gasteiger partial charge < -0.3 is 4.90 Å². The Balaban J connectivity index is 2.43. The molecule has 0 fully saturated rings. The lowest BCUT2D eigenvalue weighted by atomic mass is 10.2. The molecule has 3 heteroatoms. The predicted molar refractivity (Wildman–Crippen MR) is 59.8 cm³/mol. The third-order valence-electron chi connectivity index (χ3n) is 2.32. The highest BCUT2D eigenvalue weighted by molar-refractivity contribution is 8.14. The molecule has 2 rings (SSSR count). The number of hydrogen-bond acceptors (Lipinski definition) is 3. The second-order valence-electron chi connectivity index (χ2n) is 3.66. The van der Waals surface area contributed by atoms with Gasteiger partial charge in [-0.1, -0.05) is 12.1 Å². The summed E-state index contributed by atoms with van der Waals surface area (Å²) in [5.74, 6) is 0. The van der Waals surface area contributed by atoms with Crippen LogP contribution in [-0.2, 0) is 4.79 Å². The first kappa shape index (κ1) is 9.59. The number of thioether (sulfide) groups is 1. The van der Waals surface area contributed by atoms with Crippen molar-refractivity contribution in [3.05, 3.63) is 24.3 Å². The minimum absolute atomic E-state index is 0.234. The fraction of sp³-hybridized carbons (Fsp3) is 0.364. The maximum Gasteiger partial charge on any atom is 0.213 e. The van der Waals surface area contributed by atoms with E-state index in [9.17, 15) is 4.79 Å². The van der Waals surface area contributed by atoms with Crippen molar-refractivity contribution in [2.45, 2.75) is 24.8 Å². The molecule has 0 saturated heterocycles. The smallest absolute Gasteiger partial charge is 0.213 e. The van der Waals surface area contributed by atoms with Gasteiger partial charge in [0.1, 0.15) is 0 Å². The van der Waals surface area contributed by atoms with Crippen LogP contribution in [0.5, 0.6) is 0 Å². The van der Waals surface area contributed by atoms with Crippen LogP contribution in [0.4, 0.5) is 5.69 Å². The average molecular weight is 207 g/mol. The Labute approximate surface area is 88.3 Å². The zero-order chi connectivity index (χ0) is 10.1. The number of fused-ring (bicyclic) bond motifs is 1. The summed E-state index contributed by atoms with van der Waals surface area (Å²) in [6, 6.07) is 8.45. The van der Waals surface area contributed by atoms with Crippen LogP contribution in [0.1, 0.15) is 13.8 Å². The van der Waals surface area contributed by atoms with Crippen LogP contribution in [0.25, 0.3) is 0 Å². The molecule has 74 valence electrons. The normalized spacial score (nSPS) is 15.9. The van der Waals surface area contributed by atoms with Gasteiger partial charge in [0, 0.05) is 10.9 Å². The topological polar surface area (TPSA) is 20.3 Å². The first-order valence-electron chi connectivity index (χ1n) is 4.75. The zero-order valence-electron chi connectivity index (χ0n) is 8.36. The van der Waals surface area contributed by atoms with Crippen LogP contribution in [0, 0.1) is 0 Å². The van der Waals surface area contributed by atoms with Crippen LogP contribution in [0.2, 0.25) is 0 Å². The highest BCUT2D eigenvalue weighted by Gasteiger charge is 2.24. The largest absolute Gasteiger partial charge is 0.360 e. The monoisotopic (exact) mass is 207 g/mol. The molecule has 1 aliphatic rings. The minimum Gasteiger partial charge on any atom is -0.360 e. The number of carbonyl (C=O) groups excluding carboxylic acids is 1. The number of rotatable bonds is 1. The first-order chi connectivity index (χ1) is 6.68. The fourth-order valence-corrected chi connectivity index (χ4v) is 2.51. The van der Waals surface area contributed by atoms with Gasteiger partial charge in [-0.15, -0.1) is 0 Å². The van der Waals surface area contributed by atoms with Crippen molar-refractivity contribution in [1.82, 2.24) is 0 Å². The first-order valence-corrected chi connectivity index (χ1v) is 5.56. The molecule has 14 heavy (non-hydrogen) atoms. The molecule has 0 atom stereocenters. The number of nitrogens with zero attached hydrogens (tertiary/aromatic N) is 1. The number of anilines is 1. The summed E-state index contributed by atoms with van der Waals surface area (Å²) < 4.78 is 0. The van der Waals surface area contributed by atoms with Crippen molar-refractivity contribution in [1.29, 1.82) is 0 Å². The van der Waals surface area contributed by atoms with E-state index in [0.29, 0.717) is 12.6 Å². The SMILES string of the molecule is CC(C)N1CC(=O)Sc2ccccc21. The Morgan fingerprint density at radius 1 is 1.36 bits per heavy atom. The second kappa shape index (κ2) is 3.65. The molecule has 0 saturated carbocycles. The quantitative estimate of drug-likeness (QED) is 0.706. The maximum absolute atomic E-state index is 11.5. The molecular weight excluding hydrogens is 194 g/mol. The Hall–Kier alpha value is -0.960. The summed E-state index contributed by atoms with van der Waals surface area (Å²) >= 11 is 1.35. The van der Waals surface area contributed by atoms with Crippen molar-refractivity contribution >= 4 is 22.6 Å². The Morgan fingerprint density at radius 3 is 2.79 bits per heavy atom. The summed E-state index contributed by atoms with van der Waals surface area (Å²) in [7, 11) is 0. The van der Waals surface area contributed by atoms with Crippen LogP contribution < -0.4 is 4.90 Å². The van der Waals surface area contributed by atoms with E-state index in [1.165, 1.54) is 17.4 Å². The van der Waals surface area contributed by atoms with E-state index in [4.69, 9.17) is 0 Å². The Kier molecular flexibility index (Phi) is 2.50. The van der Waals surface area contributed by atoms with Crippen molar-refractivity contribution in [3.8, 4) is 0 Å². The standard InChI is InChI=1S/C11H13NOS/c1-8(2)12-7-11(13)14-10-6-4-3-5-9(10)12/h3-6,8H,7H2,1-2H3. The number of benzene rings is 1. The summed E-state index contributed by atoms with van der Waals surface area (Å²) in [6.45, 7) is 4.75. The van der Waals surface area contributed by atoms with E-state index in [1.54, 1.807) is 0 Å². The van der Waals surface area contributed by atoms with E-state index in [-0.39, 0.29) is 5.12 Å². The predicted octanol–water partition coefficient (Wildman–Crippen LogP) is 2.53. The molecule has 0 N–H and O–H groups in total. The molecule has 0 amide bonds. The van der Waals surface area contributed by atoms with E-state index in [1.807, 2.05) is 18.2 Å². The number of hydrogen-bond donors (Lipinski definition) is 0. The number of para-hydroxylation sites is 1. The number of carbonyl (C=O) groups is 1. The van der Waals surface area contributed by atoms with Gasteiger partial charge >= 0.3 is 0 Å². The van der Waals surface area contributed by atoms with Crippen molar-refractivity contribution in [2.75, 3.05) is 11.4 Å². The molecule has 0 spiro atoms. The van der Waals surface area contributed by atoms with Gasteiger partial charge in [0.05, 0.1) is 12.2 Å². The molecule has 0 aliphatic carbocycles. The molecule has 0 bridgehead atoms. The zero-order valence-corrected chi connectivity index (χ0v) is 9.17. The molecule has 0 unspecified atom stereocenters. The van der Waals surface area contributed by atoms with Crippen LogP contribution in [-0.4, -0.2) is 17.7 Å². The van der Waals surface area contributed by atoms with Gasteiger partial charge in [-0.05, 0) is 37.7 Å². The third kappa shape index (κ3) is 1.64. The summed E-state index contributed by atoms with van der Waals surface area (Å²) in [4.78, 5) is 14.7. The highest BCUT2D eigenvalue weighted by atomic mass is 32.2. The summed E-state index contributed by atoms with van der Waals surface area (Å²) in [5.41, 5.74) is 1.19. The second-order valence-corrected chi connectivity index (χ2v) is 4.76. The van der Waals surface area contributed by atoms with E-state index < -0.39 is 0 Å². The Morgan fingerprint density at radius 2 is 2.07 bits per heavy atom. The molecule has 1 heterocycles. The lowest BCUT2D eigenvalue weighted by Crippen LogP contribution is -2.37. The molecule has 0 aromatic heterocycles. The lowest BCUT2D eigenvalue weighted by Gasteiger charge is -2.32. The molecular formula is C11H13NOS. The lowest BCUT2D eigenvalue weighted by molar-refractivity contribution is -0.110. The molecule has 0 radical (unpaired) electrons. The van der Waals surface area contributed by atoms with Crippen molar-refractivity contribution < 1.29 is 4.79 Å². The van der Waals surface area contributed by atoms with E-state index >= 15 is 0 Å². The van der Waals surface area contributed by atoms with Gasteiger partial charge in [-0.3, -0.25) is 4.79 Å². The molecule has 1 aromatic carbocycles. The Bertz CT molecular complexity index is 362. The third-order valence-corrected chi connectivity index (χ3v) is 3.24. The highest BCUT2D eigenvalue weighted by Crippen LogP contribution is 2.35. The summed E-state index contributed by atoms with van der Waals surface area (Å²) in [5, 5.41) is 0.234. The van der Waals surface area contributed by atoms with Gasteiger partial charge in [0.15, 0.2) is 0 Å². The van der Waals surface area contributed by atoms with Gasteiger partial charge in [0.25, 0.3) is 0 Å². The minimum atomic E-state index is 0.234. The fourth-order valence-electron chi connectivity index (χ4n) is 1.62. The van der Waals surface area contributed by atoms with Crippen LogP contribution >= 0.6 is 11.8 Å². The van der Waals surface area contributed by atoms with Crippen LogP contribution in [0.3, 0.4) is 0 Å². The summed E-state index contributed by atoms with van der Waals surface area (Å²) in [6.07, 6.45) is 0. The van der Waals surface area contributed by atoms with E-state index in [2.05, 4.69) is 24.8 Å². The van der Waals surface area contributed by atoms with Crippen molar-refractivity contribution in [2.24, 2.45) is 0 Å². The average Bonchev–Trinajstić information content (AvgIpc) is 2.16. The van der Waals surface area contributed by atoms with Gasteiger partial charge in [-0.2, -0.15) is 0 Å². The maximum atomic E-state index is 11.5. The van der Waals surface area contributed by atoms with E-state index in [0.717, 1.165) is 4.90 Å². The van der Waals surface area contributed by atoms with Crippen LogP contribution in [0.15, 0.2) is 29.2 Å². The molecule has 2 nitrogen and oxygen atoms in total. The van der Waals surface area contributed by atoms with Gasteiger partial charge in [-0.25, -0.2) is 0 Å². The van der Waals surface area contributed by atoms with Crippen molar-refractivity contribution in [3.63, 3.8) is 0 Å². The molecule has 1 aliphatic heterocycles. The molecule has 1 aromatic rings. The van der Waals surface area contributed by atoms with Gasteiger partial charge in [0.2, 0.25) is 5.12 Å².